The predicted octanol–water partition coefficient (Wildman–Crippen LogP) is 1.43. The summed E-state index contributed by atoms with van der Waals surface area (Å²) in [6.45, 7) is 6.34. The zero-order chi connectivity index (χ0) is 17.0. The van der Waals surface area contributed by atoms with Crippen molar-refractivity contribution in [2.75, 3.05) is 12.4 Å². The van der Waals surface area contributed by atoms with Crippen molar-refractivity contribution < 1.29 is 23.1 Å². The van der Waals surface area contributed by atoms with Crippen molar-refractivity contribution in [2.45, 2.75) is 44.2 Å². The Kier molecular flexibility index (Phi) is 5.90. The Balaban J connectivity index is 2.86. The van der Waals surface area contributed by atoms with Crippen LogP contribution in [0.1, 0.15) is 39.4 Å². The number of nitrogens with zero attached hydrogens (tertiary/aromatic N) is 1. The molecule has 0 aromatic carbocycles. The number of aliphatic hydroxyl groups excluding tert-OH is 1. The van der Waals surface area contributed by atoms with E-state index in [2.05, 4.69) is 10.3 Å². The van der Waals surface area contributed by atoms with Gasteiger partial charge in [-0.05, 0) is 32.9 Å². The molecule has 1 atom stereocenters. The molecule has 0 aliphatic rings. The Morgan fingerprint density at radius 3 is 2.45 bits per heavy atom. The predicted molar refractivity (Wildman–Crippen MR) is 81.2 cm³/mol. The molecule has 1 rings (SSSR count). The van der Waals surface area contributed by atoms with Crippen molar-refractivity contribution in [2.24, 2.45) is 0 Å². The fourth-order valence-electron chi connectivity index (χ4n) is 1.61. The first kappa shape index (κ1) is 18.4. The topological polar surface area (TPSA) is 106 Å². The van der Waals surface area contributed by atoms with Gasteiger partial charge in [0.05, 0.1) is 29.0 Å². The Morgan fingerprint density at radius 2 is 2.05 bits per heavy atom. The fourth-order valence-corrected chi connectivity index (χ4v) is 2.43. The molecular formula is C14H22N2O5S. The van der Waals surface area contributed by atoms with Crippen molar-refractivity contribution >= 4 is 15.9 Å². The zero-order valence-corrected chi connectivity index (χ0v) is 14.0. The maximum absolute atomic E-state index is 11.7. The SMILES string of the molecule is CCS(=O)(=O)c1ccc(C(CO)NC(=O)OC(C)(C)C)nc1. The molecule has 0 radical (unpaired) electrons. The van der Waals surface area contributed by atoms with Crippen LogP contribution in [0.5, 0.6) is 0 Å². The number of aliphatic hydroxyl groups is 1. The second-order valence-corrected chi connectivity index (χ2v) is 7.98. The molecule has 7 nitrogen and oxygen atoms in total. The normalized spacial score (nSPS) is 13.5. The summed E-state index contributed by atoms with van der Waals surface area (Å²) < 4.78 is 28.5. The maximum atomic E-state index is 11.7. The minimum atomic E-state index is -3.33. The van der Waals surface area contributed by atoms with Crippen molar-refractivity contribution in [3.8, 4) is 0 Å². The smallest absolute Gasteiger partial charge is 0.408 e. The van der Waals surface area contributed by atoms with E-state index in [4.69, 9.17) is 4.74 Å². The number of ether oxygens (including phenoxy) is 1. The Bertz CT molecular complexity index is 605. The van der Waals surface area contributed by atoms with Crippen LogP contribution < -0.4 is 5.32 Å². The van der Waals surface area contributed by atoms with E-state index < -0.39 is 27.6 Å². The van der Waals surface area contributed by atoms with E-state index in [0.717, 1.165) is 0 Å². The number of hydrogen-bond donors (Lipinski definition) is 2. The first-order valence-corrected chi connectivity index (χ1v) is 8.53. The highest BCUT2D eigenvalue weighted by Crippen LogP contribution is 2.15. The van der Waals surface area contributed by atoms with E-state index in [1.807, 2.05) is 0 Å². The van der Waals surface area contributed by atoms with E-state index in [-0.39, 0.29) is 17.3 Å². The summed E-state index contributed by atoms with van der Waals surface area (Å²) in [5.74, 6) is -0.0202. The molecule has 1 amide bonds. The second-order valence-electron chi connectivity index (χ2n) is 5.70. The zero-order valence-electron chi connectivity index (χ0n) is 13.2. The Labute approximate surface area is 130 Å². The van der Waals surface area contributed by atoms with Gasteiger partial charge in [-0.15, -0.1) is 0 Å². The molecule has 0 saturated heterocycles. The molecule has 8 heteroatoms. The third-order valence-electron chi connectivity index (χ3n) is 2.73. The van der Waals surface area contributed by atoms with E-state index in [1.54, 1.807) is 27.7 Å². The molecule has 1 unspecified atom stereocenters. The van der Waals surface area contributed by atoms with Gasteiger partial charge in [0.1, 0.15) is 5.60 Å². The highest BCUT2D eigenvalue weighted by atomic mass is 32.2. The lowest BCUT2D eigenvalue weighted by Gasteiger charge is -2.22. The summed E-state index contributed by atoms with van der Waals surface area (Å²) in [6.07, 6.45) is 0.534. The van der Waals surface area contributed by atoms with Gasteiger partial charge in [0.15, 0.2) is 9.84 Å². The summed E-state index contributed by atoms with van der Waals surface area (Å²) in [6, 6.07) is 2.09. The number of sulfone groups is 1. The van der Waals surface area contributed by atoms with Crippen LogP contribution in [-0.4, -0.2) is 42.6 Å². The molecule has 124 valence electrons. The number of aromatic nitrogens is 1. The van der Waals surface area contributed by atoms with Crippen LogP contribution in [-0.2, 0) is 14.6 Å². The molecule has 0 saturated carbocycles. The van der Waals surface area contributed by atoms with Gasteiger partial charge in [-0.2, -0.15) is 0 Å². The number of alkyl carbamates (subject to hydrolysis) is 1. The number of hydrogen-bond acceptors (Lipinski definition) is 6. The number of pyridine rings is 1. The molecule has 0 bridgehead atoms. The van der Waals surface area contributed by atoms with Gasteiger partial charge in [0.2, 0.25) is 0 Å². The van der Waals surface area contributed by atoms with Gasteiger partial charge < -0.3 is 15.2 Å². The van der Waals surface area contributed by atoms with Crippen LogP contribution in [0.4, 0.5) is 4.79 Å². The van der Waals surface area contributed by atoms with Crippen LogP contribution in [0, 0.1) is 0 Å². The number of carbonyl (C=O) groups is 1. The molecule has 0 aliphatic heterocycles. The van der Waals surface area contributed by atoms with Gasteiger partial charge in [-0.3, -0.25) is 4.98 Å². The second kappa shape index (κ2) is 7.06. The van der Waals surface area contributed by atoms with Crippen LogP contribution in [0.2, 0.25) is 0 Å². The van der Waals surface area contributed by atoms with Gasteiger partial charge >= 0.3 is 6.09 Å². The number of amides is 1. The summed E-state index contributed by atoms with van der Waals surface area (Å²) >= 11 is 0. The highest BCUT2D eigenvalue weighted by molar-refractivity contribution is 7.91. The van der Waals surface area contributed by atoms with Gasteiger partial charge in [0, 0.05) is 6.20 Å². The summed E-state index contributed by atoms with van der Waals surface area (Å²) in [5, 5.41) is 11.9. The fraction of sp³-hybridized carbons (Fsp3) is 0.571. The van der Waals surface area contributed by atoms with Gasteiger partial charge in [-0.25, -0.2) is 13.2 Å². The van der Waals surface area contributed by atoms with E-state index in [1.165, 1.54) is 18.3 Å². The van der Waals surface area contributed by atoms with Gasteiger partial charge in [0.25, 0.3) is 0 Å². The molecule has 1 aromatic rings. The molecule has 1 heterocycles. The van der Waals surface area contributed by atoms with E-state index in [0.29, 0.717) is 5.69 Å². The average Bonchev–Trinajstić information content (AvgIpc) is 2.43. The third kappa shape index (κ3) is 5.27. The molecule has 0 spiro atoms. The van der Waals surface area contributed by atoms with Gasteiger partial charge in [-0.1, -0.05) is 6.92 Å². The lowest BCUT2D eigenvalue weighted by molar-refractivity contribution is 0.0480. The van der Waals surface area contributed by atoms with Crippen molar-refractivity contribution in [1.29, 1.82) is 0 Å². The third-order valence-corrected chi connectivity index (χ3v) is 4.45. The Hall–Kier alpha value is -1.67. The lowest BCUT2D eigenvalue weighted by Crippen LogP contribution is -2.36. The quantitative estimate of drug-likeness (QED) is 0.846. The van der Waals surface area contributed by atoms with Crippen LogP contribution in [0.3, 0.4) is 0 Å². The maximum Gasteiger partial charge on any atom is 0.408 e. The number of carbonyl (C=O) groups excluding carboxylic acids is 1. The minimum absolute atomic E-state index is 0.0202. The number of rotatable bonds is 5. The largest absolute Gasteiger partial charge is 0.444 e. The van der Waals surface area contributed by atoms with Crippen molar-refractivity contribution in [1.82, 2.24) is 10.3 Å². The minimum Gasteiger partial charge on any atom is -0.444 e. The highest BCUT2D eigenvalue weighted by Gasteiger charge is 2.21. The first-order chi connectivity index (χ1) is 10.1. The molecule has 22 heavy (non-hydrogen) atoms. The standard InChI is InChI=1S/C14H22N2O5S/c1-5-22(19,20)10-6-7-11(15-8-10)12(9-17)16-13(18)21-14(2,3)4/h6-8,12,17H,5,9H2,1-4H3,(H,16,18). The number of nitrogens with one attached hydrogen (secondary N) is 1. The van der Waals surface area contributed by atoms with Crippen molar-refractivity contribution in [3.05, 3.63) is 24.0 Å². The Morgan fingerprint density at radius 1 is 1.41 bits per heavy atom. The monoisotopic (exact) mass is 330 g/mol. The molecule has 1 aromatic heterocycles. The van der Waals surface area contributed by atoms with E-state index >= 15 is 0 Å². The van der Waals surface area contributed by atoms with Crippen molar-refractivity contribution in [3.63, 3.8) is 0 Å². The lowest BCUT2D eigenvalue weighted by atomic mass is 10.2. The van der Waals surface area contributed by atoms with Crippen LogP contribution in [0.15, 0.2) is 23.2 Å². The molecule has 0 aliphatic carbocycles. The summed E-state index contributed by atoms with van der Waals surface area (Å²) in [5.41, 5.74) is -0.306. The summed E-state index contributed by atoms with van der Waals surface area (Å²) in [4.78, 5) is 15.8. The van der Waals surface area contributed by atoms with Crippen LogP contribution in [0.25, 0.3) is 0 Å². The molecule has 2 N–H and O–H groups in total. The first-order valence-electron chi connectivity index (χ1n) is 6.88. The van der Waals surface area contributed by atoms with E-state index in [9.17, 15) is 18.3 Å². The molecule has 0 fully saturated rings. The van der Waals surface area contributed by atoms with Crippen LogP contribution >= 0.6 is 0 Å². The summed E-state index contributed by atoms with van der Waals surface area (Å²) in [7, 11) is -3.33. The molecular weight excluding hydrogens is 308 g/mol. The average molecular weight is 330 g/mol.